The fourth-order valence-corrected chi connectivity index (χ4v) is 3.24. The molecule has 1 aromatic carbocycles. The Balaban J connectivity index is 1.50. The first kappa shape index (κ1) is 20.7. The third kappa shape index (κ3) is 5.97. The molecular weight excluding hydrogens is 368 g/mol. The topological polar surface area (TPSA) is 83.8 Å². The predicted molar refractivity (Wildman–Crippen MR) is 113 cm³/mol. The van der Waals surface area contributed by atoms with Crippen LogP contribution in [0.4, 0.5) is 0 Å². The molecule has 3 rings (SSSR count). The maximum atomic E-state index is 11.7. The number of nitrogens with zero attached hydrogens (tertiary/aromatic N) is 4. The van der Waals surface area contributed by atoms with Crippen molar-refractivity contribution in [2.45, 2.75) is 32.7 Å². The highest BCUT2D eigenvalue weighted by molar-refractivity contribution is 5.79. The lowest BCUT2D eigenvalue weighted by Crippen LogP contribution is -2.39. The molecule has 0 radical (unpaired) electrons. The molecule has 2 aromatic rings. The van der Waals surface area contributed by atoms with Gasteiger partial charge in [-0.05, 0) is 50.1 Å². The third-order valence-corrected chi connectivity index (χ3v) is 4.79. The van der Waals surface area contributed by atoms with Crippen molar-refractivity contribution in [1.29, 1.82) is 0 Å². The van der Waals surface area contributed by atoms with E-state index < -0.39 is 0 Å². The minimum Gasteiger partial charge on any atom is -0.497 e. The Labute approximate surface area is 171 Å². The lowest BCUT2D eigenvalue weighted by atomic mass is 10.3. The van der Waals surface area contributed by atoms with E-state index in [-0.39, 0.29) is 5.91 Å². The highest BCUT2D eigenvalue weighted by Gasteiger charge is 2.18. The number of aliphatic imine (C=N–C) groups is 1. The SMILES string of the molecule is CCNC(=NCc1ccn(-c2ccc(OC)cc2)n1)NCCCN1CCCC1=O. The molecule has 0 spiro atoms. The van der Waals surface area contributed by atoms with Gasteiger partial charge in [-0.25, -0.2) is 9.67 Å². The van der Waals surface area contributed by atoms with Crippen LogP contribution < -0.4 is 15.4 Å². The van der Waals surface area contributed by atoms with Gasteiger partial charge in [0.2, 0.25) is 5.91 Å². The molecule has 1 fully saturated rings. The van der Waals surface area contributed by atoms with Crippen LogP contribution in [0.25, 0.3) is 5.69 Å². The summed E-state index contributed by atoms with van der Waals surface area (Å²) < 4.78 is 7.02. The Kier molecular flexibility index (Phi) is 7.49. The van der Waals surface area contributed by atoms with E-state index in [4.69, 9.17) is 4.74 Å². The van der Waals surface area contributed by atoms with Crippen LogP contribution in [0.15, 0.2) is 41.5 Å². The van der Waals surface area contributed by atoms with Gasteiger partial charge in [-0.1, -0.05) is 0 Å². The van der Waals surface area contributed by atoms with Gasteiger partial charge in [0.05, 0.1) is 25.0 Å². The summed E-state index contributed by atoms with van der Waals surface area (Å²) in [5, 5.41) is 11.2. The van der Waals surface area contributed by atoms with Crippen LogP contribution in [-0.4, -0.2) is 59.8 Å². The Morgan fingerprint density at radius 3 is 2.76 bits per heavy atom. The Hall–Kier alpha value is -3.03. The maximum Gasteiger partial charge on any atom is 0.222 e. The number of benzene rings is 1. The smallest absolute Gasteiger partial charge is 0.222 e. The molecule has 0 bridgehead atoms. The monoisotopic (exact) mass is 398 g/mol. The normalized spacial score (nSPS) is 14.3. The average molecular weight is 399 g/mol. The lowest BCUT2D eigenvalue weighted by molar-refractivity contribution is -0.127. The molecule has 2 heterocycles. The molecular formula is C21H30N6O2. The summed E-state index contributed by atoms with van der Waals surface area (Å²) in [6, 6.07) is 9.73. The van der Waals surface area contributed by atoms with Crippen molar-refractivity contribution >= 4 is 11.9 Å². The molecule has 1 saturated heterocycles. The van der Waals surface area contributed by atoms with Gasteiger partial charge in [-0.15, -0.1) is 0 Å². The van der Waals surface area contributed by atoms with Crippen LogP contribution >= 0.6 is 0 Å². The maximum absolute atomic E-state index is 11.7. The molecule has 1 aliphatic heterocycles. The lowest BCUT2D eigenvalue weighted by Gasteiger charge is -2.16. The van der Waals surface area contributed by atoms with Gasteiger partial charge in [-0.2, -0.15) is 5.10 Å². The summed E-state index contributed by atoms with van der Waals surface area (Å²) in [7, 11) is 1.65. The van der Waals surface area contributed by atoms with E-state index in [1.807, 2.05) is 53.0 Å². The van der Waals surface area contributed by atoms with E-state index in [1.165, 1.54) is 0 Å². The minimum atomic E-state index is 0.276. The van der Waals surface area contributed by atoms with Gasteiger partial charge in [-0.3, -0.25) is 4.79 Å². The predicted octanol–water partition coefficient (Wildman–Crippen LogP) is 1.95. The second-order valence-corrected chi connectivity index (χ2v) is 6.91. The van der Waals surface area contributed by atoms with Crippen LogP contribution in [-0.2, 0) is 11.3 Å². The van der Waals surface area contributed by atoms with Crippen LogP contribution in [0.5, 0.6) is 5.75 Å². The van der Waals surface area contributed by atoms with Crippen LogP contribution in [0.1, 0.15) is 31.9 Å². The number of hydrogen-bond donors (Lipinski definition) is 2. The average Bonchev–Trinajstić information content (AvgIpc) is 3.38. The first-order chi connectivity index (χ1) is 14.2. The van der Waals surface area contributed by atoms with Gasteiger partial charge in [0, 0.05) is 38.8 Å². The summed E-state index contributed by atoms with van der Waals surface area (Å²) in [5.74, 6) is 1.86. The van der Waals surface area contributed by atoms with Gasteiger partial charge in [0.1, 0.15) is 5.75 Å². The minimum absolute atomic E-state index is 0.276. The van der Waals surface area contributed by atoms with E-state index >= 15 is 0 Å². The van der Waals surface area contributed by atoms with Crippen molar-refractivity contribution in [3.63, 3.8) is 0 Å². The van der Waals surface area contributed by atoms with E-state index in [2.05, 4.69) is 20.7 Å². The zero-order valence-electron chi connectivity index (χ0n) is 17.2. The quantitative estimate of drug-likeness (QED) is 0.383. The number of aromatic nitrogens is 2. The van der Waals surface area contributed by atoms with Crippen LogP contribution in [0, 0.1) is 0 Å². The number of guanidine groups is 1. The molecule has 0 unspecified atom stereocenters. The molecule has 156 valence electrons. The molecule has 2 N–H and O–H groups in total. The fraction of sp³-hybridized carbons (Fsp3) is 0.476. The Morgan fingerprint density at radius 1 is 1.24 bits per heavy atom. The van der Waals surface area contributed by atoms with Gasteiger partial charge >= 0.3 is 0 Å². The number of amides is 1. The summed E-state index contributed by atoms with van der Waals surface area (Å²) in [4.78, 5) is 18.2. The Bertz CT molecular complexity index is 815. The fourth-order valence-electron chi connectivity index (χ4n) is 3.24. The van der Waals surface area contributed by atoms with Crippen molar-refractivity contribution in [1.82, 2.24) is 25.3 Å². The van der Waals surface area contributed by atoms with Crippen molar-refractivity contribution in [2.75, 3.05) is 33.3 Å². The molecule has 1 aromatic heterocycles. The Morgan fingerprint density at radius 2 is 2.07 bits per heavy atom. The molecule has 1 aliphatic rings. The second kappa shape index (κ2) is 10.5. The standard InChI is InChI=1S/C21H30N6O2/c1-3-22-21(23-12-5-14-26-13-4-6-20(26)28)24-16-17-11-15-27(25-17)18-7-9-19(29-2)10-8-18/h7-11,15H,3-6,12-14,16H2,1-2H3,(H2,22,23,24). The number of nitrogens with one attached hydrogen (secondary N) is 2. The number of ether oxygens (including phenoxy) is 1. The summed E-state index contributed by atoms with van der Waals surface area (Å²) in [5.41, 5.74) is 1.86. The van der Waals surface area contributed by atoms with E-state index in [9.17, 15) is 4.79 Å². The number of hydrogen-bond acceptors (Lipinski definition) is 4. The van der Waals surface area contributed by atoms with Gasteiger partial charge in [0.25, 0.3) is 0 Å². The van der Waals surface area contributed by atoms with Crippen LogP contribution in [0.3, 0.4) is 0 Å². The van der Waals surface area contributed by atoms with Gasteiger partial charge in [0.15, 0.2) is 5.96 Å². The number of carbonyl (C=O) groups excluding carboxylic acids is 1. The summed E-state index contributed by atoms with van der Waals surface area (Å²) >= 11 is 0. The van der Waals surface area contributed by atoms with Crippen molar-refractivity contribution in [3.8, 4) is 11.4 Å². The largest absolute Gasteiger partial charge is 0.497 e. The molecule has 8 nitrogen and oxygen atoms in total. The molecule has 0 saturated carbocycles. The second-order valence-electron chi connectivity index (χ2n) is 6.91. The van der Waals surface area contributed by atoms with E-state index in [0.717, 1.165) is 62.1 Å². The van der Waals surface area contributed by atoms with Crippen molar-refractivity contribution < 1.29 is 9.53 Å². The highest BCUT2D eigenvalue weighted by atomic mass is 16.5. The van der Waals surface area contributed by atoms with E-state index in [1.54, 1.807) is 7.11 Å². The van der Waals surface area contributed by atoms with Crippen LogP contribution in [0.2, 0.25) is 0 Å². The van der Waals surface area contributed by atoms with Crippen molar-refractivity contribution in [3.05, 3.63) is 42.2 Å². The summed E-state index contributed by atoms with van der Waals surface area (Å²) in [6.07, 6.45) is 4.52. The molecule has 1 amide bonds. The van der Waals surface area contributed by atoms with E-state index in [0.29, 0.717) is 13.0 Å². The number of likely N-dealkylation sites (tertiary alicyclic amines) is 1. The zero-order chi connectivity index (χ0) is 20.5. The first-order valence-electron chi connectivity index (χ1n) is 10.2. The highest BCUT2D eigenvalue weighted by Crippen LogP contribution is 2.14. The van der Waals surface area contributed by atoms with Crippen molar-refractivity contribution in [2.24, 2.45) is 4.99 Å². The third-order valence-electron chi connectivity index (χ3n) is 4.79. The number of rotatable bonds is 9. The first-order valence-corrected chi connectivity index (χ1v) is 10.2. The molecule has 8 heteroatoms. The van der Waals surface area contributed by atoms with Gasteiger partial charge < -0.3 is 20.3 Å². The number of carbonyl (C=O) groups is 1. The summed E-state index contributed by atoms with van der Waals surface area (Å²) in [6.45, 7) is 5.79. The molecule has 29 heavy (non-hydrogen) atoms. The molecule has 0 atom stereocenters. The zero-order valence-corrected chi connectivity index (χ0v) is 17.2. The number of methoxy groups -OCH3 is 1. The molecule has 0 aliphatic carbocycles.